The molecule has 1 aromatic heterocycles. The van der Waals surface area contributed by atoms with Crippen molar-refractivity contribution < 1.29 is 4.74 Å². The highest BCUT2D eigenvalue weighted by Gasteiger charge is 2.02. The van der Waals surface area contributed by atoms with E-state index in [-0.39, 0.29) is 0 Å². The Bertz CT molecular complexity index is 433. The van der Waals surface area contributed by atoms with E-state index in [0.29, 0.717) is 6.61 Å². The van der Waals surface area contributed by atoms with Crippen molar-refractivity contribution in [1.82, 2.24) is 14.8 Å². The van der Waals surface area contributed by atoms with E-state index in [4.69, 9.17) is 4.74 Å². The number of ether oxygens (including phenoxy) is 1. The average molecular weight is 203 g/mol. The Labute approximate surface area is 88.5 Å². The normalized spacial score (nSPS) is 10.3. The van der Waals surface area contributed by atoms with Gasteiger partial charge in [0.1, 0.15) is 12.1 Å². The van der Waals surface area contributed by atoms with E-state index in [1.807, 2.05) is 38.2 Å². The maximum absolute atomic E-state index is 5.36. The van der Waals surface area contributed by atoms with Gasteiger partial charge in [0.15, 0.2) is 5.82 Å². The van der Waals surface area contributed by atoms with Gasteiger partial charge in [0, 0.05) is 12.6 Å². The summed E-state index contributed by atoms with van der Waals surface area (Å²) in [6.07, 6.45) is 1.69. The number of hydrogen-bond acceptors (Lipinski definition) is 3. The molecule has 4 nitrogen and oxygen atoms in total. The lowest BCUT2D eigenvalue weighted by atomic mass is 10.2. The van der Waals surface area contributed by atoms with Gasteiger partial charge >= 0.3 is 0 Å². The van der Waals surface area contributed by atoms with Crippen LogP contribution in [0, 0.1) is 0 Å². The summed E-state index contributed by atoms with van der Waals surface area (Å²) in [5.74, 6) is 1.61. The molecule has 4 heteroatoms. The average Bonchev–Trinajstić information content (AvgIpc) is 2.67. The van der Waals surface area contributed by atoms with E-state index in [9.17, 15) is 0 Å². The van der Waals surface area contributed by atoms with Gasteiger partial charge in [-0.05, 0) is 31.2 Å². The quantitative estimate of drug-likeness (QED) is 0.764. The summed E-state index contributed by atoms with van der Waals surface area (Å²) in [7, 11) is 1.85. The zero-order valence-corrected chi connectivity index (χ0v) is 8.84. The number of rotatable bonds is 3. The highest BCUT2D eigenvalue weighted by atomic mass is 16.5. The van der Waals surface area contributed by atoms with Crippen molar-refractivity contribution in [1.29, 1.82) is 0 Å². The zero-order chi connectivity index (χ0) is 10.7. The molecule has 0 saturated heterocycles. The molecule has 0 aliphatic carbocycles. The van der Waals surface area contributed by atoms with E-state index >= 15 is 0 Å². The van der Waals surface area contributed by atoms with Gasteiger partial charge in [-0.3, -0.25) is 4.68 Å². The van der Waals surface area contributed by atoms with Gasteiger partial charge in [-0.15, -0.1) is 0 Å². The fourth-order valence-corrected chi connectivity index (χ4v) is 1.34. The molecule has 0 aliphatic rings. The van der Waals surface area contributed by atoms with E-state index in [0.717, 1.165) is 17.1 Å². The third-order valence-corrected chi connectivity index (χ3v) is 2.02. The number of benzene rings is 1. The molecule has 0 amide bonds. The maximum atomic E-state index is 5.36. The molecule has 0 fully saturated rings. The third kappa shape index (κ3) is 2.15. The second-order valence-corrected chi connectivity index (χ2v) is 3.20. The Morgan fingerprint density at radius 2 is 2.00 bits per heavy atom. The molecular formula is C11H13N3O. The van der Waals surface area contributed by atoms with Crippen LogP contribution in [0.5, 0.6) is 5.75 Å². The minimum absolute atomic E-state index is 0.682. The lowest BCUT2D eigenvalue weighted by Crippen LogP contribution is -1.91. The van der Waals surface area contributed by atoms with Crippen molar-refractivity contribution in [2.45, 2.75) is 6.92 Å². The van der Waals surface area contributed by atoms with Gasteiger partial charge in [-0.1, -0.05) is 0 Å². The molecule has 0 saturated carbocycles. The molecule has 0 unspecified atom stereocenters. The van der Waals surface area contributed by atoms with E-state index < -0.39 is 0 Å². The monoisotopic (exact) mass is 203 g/mol. The molecule has 15 heavy (non-hydrogen) atoms. The summed E-state index contributed by atoms with van der Waals surface area (Å²) in [6, 6.07) is 7.77. The second-order valence-electron chi connectivity index (χ2n) is 3.20. The Kier molecular flexibility index (Phi) is 2.67. The summed E-state index contributed by atoms with van der Waals surface area (Å²) in [5.41, 5.74) is 0.999. The van der Waals surface area contributed by atoms with Crippen LogP contribution < -0.4 is 4.74 Å². The van der Waals surface area contributed by atoms with Crippen molar-refractivity contribution >= 4 is 0 Å². The van der Waals surface area contributed by atoms with Crippen molar-refractivity contribution in [2.75, 3.05) is 6.61 Å². The Morgan fingerprint density at radius 1 is 1.27 bits per heavy atom. The van der Waals surface area contributed by atoms with Crippen LogP contribution in [0.15, 0.2) is 30.6 Å². The predicted molar refractivity (Wildman–Crippen MR) is 57.6 cm³/mol. The molecule has 2 aromatic rings. The summed E-state index contributed by atoms with van der Waals surface area (Å²) >= 11 is 0. The van der Waals surface area contributed by atoms with Crippen molar-refractivity contribution in [3.63, 3.8) is 0 Å². The van der Waals surface area contributed by atoms with E-state index in [1.54, 1.807) is 11.0 Å². The number of aromatic nitrogens is 3. The van der Waals surface area contributed by atoms with Crippen molar-refractivity contribution in [3.05, 3.63) is 30.6 Å². The first-order chi connectivity index (χ1) is 7.29. The lowest BCUT2D eigenvalue weighted by Gasteiger charge is -2.02. The Hall–Kier alpha value is -1.84. The van der Waals surface area contributed by atoms with Gasteiger partial charge in [0.25, 0.3) is 0 Å². The minimum Gasteiger partial charge on any atom is -0.494 e. The van der Waals surface area contributed by atoms with Crippen LogP contribution in [0.4, 0.5) is 0 Å². The summed E-state index contributed by atoms with van der Waals surface area (Å²) in [6.45, 7) is 2.65. The molecule has 1 aromatic carbocycles. The van der Waals surface area contributed by atoms with Crippen LogP contribution >= 0.6 is 0 Å². The molecule has 0 atom stereocenters. The van der Waals surface area contributed by atoms with Crippen LogP contribution in [0.2, 0.25) is 0 Å². The van der Waals surface area contributed by atoms with Crippen molar-refractivity contribution in [3.8, 4) is 17.1 Å². The standard InChI is InChI=1S/C11H13N3O/c1-3-15-10-6-4-9(5-7-10)11-12-8-14(2)13-11/h4-8H,3H2,1-2H3. The summed E-state index contributed by atoms with van der Waals surface area (Å²) in [4.78, 5) is 4.17. The summed E-state index contributed by atoms with van der Waals surface area (Å²) < 4.78 is 7.04. The minimum atomic E-state index is 0.682. The van der Waals surface area contributed by atoms with Crippen LogP contribution in [-0.4, -0.2) is 21.4 Å². The number of nitrogens with zero attached hydrogens (tertiary/aromatic N) is 3. The highest BCUT2D eigenvalue weighted by Crippen LogP contribution is 2.18. The molecule has 2 rings (SSSR count). The second kappa shape index (κ2) is 4.13. The summed E-state index contributed by atoms with van der Waals surface area (Å²) in [5, 5.41) is 4.22. The smallest absolute Gasteiger partial charge is 0.181 e. The number of aryl methyl sites for hydroxylation is 1. The molecule has 0 radical (unpaired) electrons. The SMILES string of the molecule is CCOc1ccc(-c2ncn(C)n2)cc1. The molecule has 0 N–H and O–H groups in total. The Balaban J connectivity index is 2.23. The zero-order valence-electron chi connectivity index (χ0n) is 8.84. The largest absolute Gasteiger partial charge is 0.494 e. The highest BCUT2D eigenvalue weighted by molar-refractivity contribution is 5.55. The third-order valence-electron chi connectivity index (χ3n) is 2.02. The predicted octanol–water partition coefficient (Wildman–Crippen LogP) is 1.88. The van der Waals surface area contributed by atoms with Gasteiger partial charge in [-0.25, -0.2) is 4.98 Å². The lowest BCUT2D eigenvalue weighted by molar-refractivity contribution is 0.340. The maximum Gasteiger partial charge on any atom is 0.181 e. The molecular weight excluding hydrogens is 190 g/mol. The molecule has 0 aliphatic heterocycles. The number of hydrogen-bond donors (Lipinski definition) is 0. The fourth-order valence-electron chi connectivity index (χ4n) is 1.34. The molecule has 1 heterocycles. The van der Waals surface area contributed by atoms with Crippen LogP contribution in [-0.2, 0) is 7.05 Å². The first kappa shape index (κ1) is 9.71. The van der Waals surface area contributed by atoms with Crippen molar-refractivity contribution in [2.24, 2.45) is 7.05 Å². The molecule has 78 valence electrons. The van der Waals surface area contributed by atoms with Crippen LogP contribution in [0.25, 0.3) is 11.4 Å². The Morgan fingerprint density at radius 3 is 2.53 bits per heavy atom. The van der Waals surface area contributed by atoms with Gasteiger partial charge in [0.2, 0.25) is 0 Å². The van der Waals surface area contributed by atoms with Gasteiger partial charge in [-0.2, -0.15) is 5.10 Å². The van der Waals surface area contributed by atoms with Crippen LogP contribution in [0.3, 0.4) is 0 Å². The first-order valence-electron chi connectivity index (χ1n) is 4.88. The van der Waals surface area contributed by atoms with Crippen LogP contribution in [0.1, 0.15) is 6.92 Å². The first-order valence-corrected chi connectivity index (χ1v) is 4.88. The molecule has 0 bridgehead atoms. The fraction of sp³-hybridized carbons (Fsp3) is 0.273. The molecule has 0 spiro atoms. The van der Waals surface area contributed by atoms with E-state index in [1.165, 1.54) is 0 Å². The van der Waals surface area contributed by atoms with Gasteiger partial charge in [0.05, 0.1) is 6.61 Å². The topological polar surface area (TPSA) is 39.9 Å². The van der Waals surface area contributed by atoms with Gasteiger partial charge < -0.3 is 4.74 Å². The van der Waals surface area contributed by atoms with E-state index in [2.05, 4.69) is 10.1 Å².